The Kier molecular flexibility index (Phi) is 8.33. The lowest BCUT2D eigenvalue weighted by Crippen LogP contribution is -2.62. The van der Waals surface area contributed by atoms with E-state index >= 15 is 0 Å². The summed E-state index contributed by atoms with van der Waals surface area (Å²) in [6.07, 6.45) is -2.32. The molecule has 1 N–H and O–H groups in total. The van der Waals surface area contributed by atoms with Crippen molar-refractivity contribution in [2.45, 2.75) is 89.4 Å². The summed E-state index contributed by atoms with van der Waals surface area (Å²) in [4.78, 5) is 33.0. The number of fused-ring (bicyclic) bond motifs is 1. The van der Waals surface area contributed by atoms with Gasteiger partial charge in [-0.1, -0.05) is 0 Å². The van der Waals surface area contributed by atoms with Crippen LogP contribution in [-0.4, -0.2) is 91.3 Å². The van der Waals surface area contributed by atoms with E-state index in [1.165, 1.54) is 0 Å². The number of hydrogen-bond donors (Lipinski definition) is 1. The van der Waals surface area contributed by atoms with Gasteiger partial charge < -0.3 is 29.4 Å². The van der Waals surface area contributed by atoms with Gasteiger partial charge in [-0.25, -0.2) is 0 Å². The lowest BCUT2D eigenvalue weighted by Gasteiger charge is -2.46. The number of hydroxylamine groups is 2. The van der Waals surface area contributed by atoms with E-state index in [4.69, 9.17) is 14.3 Å². The molecule has 0 saturated carbocycles. The molecule has 3 heterocycles. The Balaban J connectivity index is 1.87. The molecule has 4 atom stereocenters. The zero-order valence-electron chi connectivity index (χ0n) is 21.9. The number of aromatic nitrogens is 2. The molecule has 0 bridgehead atoms. The first-order valence-corrected chi connectivity index (χ1v) is 12.5. The van der Waals surface area contributed by atoms with Crippen LogP contribution in [0.4, 0.5) is 5.82 Å². The Labute approximate surface area is 218 Å². The standard InChI is InChI=1S/C20H34N7O9S/c1-18(2,3)21-8-12(36-27(31)32)10-33-17-16(22-37-23-17)24-9-13(11-34-26(29)30)35-15-14(24)19(4,5)25(28)20(15,6)7/h12-15,21H,8-11H2,1-7H3/t12-,13?,14?,15?/m0/s1. The van der Waals surface area contributed by atoms with Crippen molar-refractivity contribution in [3.8, 4) is 5.88 Å². The van der Waals surface area contributed by atoms with Gasteiger partial charge in [0.1, 0.15) is 19.3 Å². The Hall–Kier alpha value is -2.60. The largest absolute Gasteiger partial charge is 0.472 e. The molecule has 1 aromatic heterocycles. The monoisotopic (exact) mass is 548 g/mol. The first-order valence-electron chi connectivity index (χ1n) is 11.7. The third kappa shape index (κ3) is 6.46. The van der Waals surface area contributed by atoms with Gasteiger partial charge >= 0.3 is 0 Å². The second kappa shape index (κ2) is 10.6. The van der Waals surface area contributed by atoms with Crippen molar-refractivity contribution in [3.63, 3.8) is 0 Å². The molecule has 2 saturated heterocycles. The maximum atomic E-state index is 13.3. The number of nitrogens with one attached hydrogen (secondary N) is 1. The molecule has 37 heavy (non-hydrogen) atoms. The van der Waals surface area contributed by atoms with Gasteiger partial charge in [-0.3, -0.25) is 0 Å². The molecule has 17 heteroatoms. The van der Waals surface area contributed by atoms with Gasteiger partial charge in [0.15, 0.2) is 6.10 Å². The highest BCUT2D eigenvalue weighted by molar-refractivity contribution is 6.99. The summed E-state index contributed by atoms with van der Waals surface area (Å²) in [6.45, 7) is 12.5. The summed E-state index contributed by atoms with van der Waals surface area (Å²) in [6, 6.07) is -0.508. The van der Waals surface area contributed by atoms with Gasteiger partial charge in [0, 0.05) is 18.6 Å². The molecular weight excluding hydrogens is 514 g/mol. The summed E-state index contributed by atoms with van der Waals surface area (Å²) in [5.41, 5.74) is -2.20. The molecule has 3 unspecified atom stereocenters. The van der Waals surface area contributed by atoms with Gasteiger partial charge in [0.2, 0.25) is 5.82 Å². The van der Waals surface area contributed by atoms with E-state index in [2.05, 4.69) is 18.9 Å². The number of rotatable bonds is 11. The van der Waals surface area contributed by atoms with Crippen LogP contribution in [0.15, 0.2) is 0 Å². The van der Waals surface area contributed by atoms with Crippen molar-refractivity contribution in [2.24, 2.45) is 0 Å². The van der Waals surface area contributed by atoms with Crippen LogP contribution in [-0.2, 0) is 19.6 Å². The smallest absolute Gasteiger partial charge is 0.294 e. The Morgan fingerprint density at radius 1 is 1.19 bits per heavy atom. The normalized spacial score (nSPS) is 25.8. The fraction of sp³-hybridized carbons (Fsp3) is 0.900. The summed E-state index contributed by atoms with van der Waals surface area (Å²) in [5, 5.41) is 37.4. The van der Waals surface area contributed by atoms with Crippen LogP contribution >= 0.6 is 11.7 Å². The highest BCUT2D eigenvalue weighted by atomic mass is 32.1. The summed E-state index contributed by atoms with van der Waals surface area (Å²) >= 11 is 0.869. The van der Waals surface area contributed by atoms with Crippen molar-refractivity contribution in [1.82, 2.24) is 19.1 Å². The number of anilines is 1. The van der Waals surface area contributed by atoms with Crippen molar-refractivity contribution in [2.75, 3.05) is 31.2 Å². The van der Waals surface area contributed by atoms with Crippen LogP contribution in [0.3, 0.4) is 0 Å². The van der Waals surface area contributed by atoms with Crippen molar-refractivity contribution < 1.29 is 34.5 Å². The molecule has 2 aliphatic heterocycles. The van der Waals surface area contributed by atoms with Gasteiger partial charge in [0.05, 0.1) is 35.0 Å². The molecule has 0 spiro atoms. The number of nitrogens with zero attached hydrogens (tertiary/aromatic N) is 6. The molecule has 2 fully saturated rings. The van der Waals surface area contributed by atoms with E-state index in [-0.39, 0.29) is 37.7 Å². The van der Waals surface area contributed by atoms with Crippen LogP contribution in [0.5, 0.6) is 5.88 Å². The Bertz CT molecular complexity index is 970. The zero-order valence-corrected chi connectivity index (χ0v) is 22.7. The topological polar surface area (TPSA) is 187 Å². The first kappa shape index (κ1) is 29.0. The third-order valence-electron chi connectivity index (χ3n) is 6.41. The van der Waals surface area contributed by atoms with Gasteiger partial charge in [-0.05, 0) is 48.5 Å². The third-order valence-corrected chi connectivity index (χ3v) is 6.91. The molecule has 0 aromatic carbocycles. The molecule has 1 radical (unpaired) electrons. The van der Waals surface area contributed by atoms with Crippen molar-refractivity contribution in [1.29, 1.82) is 0 Å². The minimum Gasteiger partial charge on any atom is -0.472 e. The molecule has 2 aliphatic rings. The van der Waals surface area contributed by atoms with Crippen LogP contribution in [0, 0.1) is 20.2 Å². The molecule has 16 nitrogen and oxygen atoms in total. The second-order valence-electron chi connectivity index (χ2n) is 11.2. The quantitative estimate of drug-likeness (QED) is 0.308. The van der Waals surface area contributed by atoms with E-state index in [0.29, 0.717) is 5.82 Å². The molecule has 0 aliphatic carbocycles. The van der Waals surface area contributed by atoms with Crippen LogP contribution in [0.25, 0.3) is 0 Å². The van der Waals surface area contributed by atoms with Crippen LogP contribution < -0.4 is 15.0 Å². The van der Waals surface area contributed by atoms with Crippen molar-refractivity contribution >= 4 is 17.5 Å². The Morgan fingerprint density at radius 3 is 2.46 bits per heavy atom. The first-order chi connectivity index (χ1) is 17.0. The SMILES string of the molecule is CC(C)(C)NC[C@@H](COc1nsnc1N1CC(CO[N+](=O)[O-])OC2C1C(C)(C)N([O])C2(C)C)O[N+](=O)[O-]. The van der Waals surface area contributed by atoms with Crippen LogP contribution in [0.1, 0.15) is 48.5 Å². The van der Waals surface area contributed by atoms with Crippen molar-refractivity contribution in [3.05, 3.63) is 20.2 Å². The molecule has 3 rings (SSSR count). The average molecular weight is 549 g/mol. The second-order valence-corrected chi connectivity index (χ2v) is 11.7. The lowest BCUT2D eigenvalue weighted by molar-refractivity contribution is -0.768. The minimum absolute atomic E-state index is 0.102. The van der Waals surface area contributed by atoms with Crippen LogP contribution in [0.2, 0.25) is 0 Å². The predicted octanol–water partition coefficient (Wildman–Crippen LogP) is 1.25. The lowest BCUT2D eigenvalue weighted by atomic mass is 9.88. The highest BCUT2D eigenvalue weighted by Gasteiger charge is 2.64. The van der Waals surface area contributed by atoms with E-state index < -0.39 is 45.6 Å². The fourth-order valence-corrected chi connectivity index (χ4v) is 5.35. The number of morpholine rings is 1. The molecular formula is C20H34N7O9S. The van der Waals surface area contributed by atoms with E-state index in [1.807, 2.05) is 20.8 Å². The average Bonchev–Trinajstić information content (AvgIpc) is 3.30. The summed E-state index contributed by atoms with van der Waals surface area (Å²) < 4.78 is 20.6. The van der Waals surface area contributed by atoms with Gasteiger partial charge in [0.25, 0.3) is 16.1 Å². The zero-order chi connectivity index (χ0) is 27.8. The highest BCUT2D eigenvalue weighted by Crippen LogP contribution is 2.48. The molecule has 0 amide bonds. The fourth-order valence-electron chi connectivity index (χ4n) is 4.84. The van der Waals surface area contributed by atoms with E-state index in [1.54, 1.807) is 32.6 Å². The predicted molar refractivity (Wildman–Crippen MR) is 128 cm³/mol. The summed E-state index contributed by atoms with van der Waals surface area (Å²) in [7, 11) is 0. The molecule has 1 aromatic rings. The van der Waals surface area contributed by atoms with Gasteiger partial charge in [-0.15, -0.1) is 34.9 Å². The maximum absolute atomic E-state index is 13.3. The number of ether oxygens (including phenoxy) is 2. The summed E-state index contributed by atoms with van der Waals surface area (Å²) in [5.74, 6) is 0.405. The van der Waals surface area contributed by atoms with E-state index in [9.17, 15) is 25.4 Å². The minimum atomic E-state index is -0.965. The van der Waals surface area contributed by atoms with Gasteiger partial charge in [-0.2, -0.15) is 4.37 Å². The number of hydrogen-bond acceptors (Lipinski definition) is 14. The Morgan fingerprint density at radius 2 is 1.86 bits per heavy atom. The maximum Gasteiger partial charge on any atom is 0.294 e. The molecule has 209 valence electrons. The van der Waals surface area contributed by atoms with E-state index in [0.717, 1.165) is 16.8 Å².